The molecule has 11 N–H and O–H groups in total. The molecule has 3 unspecified atom stereocenters. The number of phosphoric acid groups is 2. The Kier molecular flexibility index (Phi) is 21.2. The predicted octanol–water partition coefficient (Wildman–Crippen LogP) is 6.74. The van der Waals surface area contributed by atoms with E-state index < -0.39 is 102 Å². The minimum absolute atomic E-state index is 0.0375. The maximum absolute atomic E-state index is 13.5. The molecule has 36 heteroatoms. The molecule has 30 nitrogen and oxygen atoms in total. The number of hydrogen-bond acceptors (Lipinski definition) is 21. The number of phosphoric ester groups is 1. The molecule has 5 aromatic rings. The van der Waals surface area contributed by atoms with Gasteiger partial charge in [0.25, 0.3) is 20.2 Å². The van der Waals surface area contributed by atoms with E-state index in [9.17, 15) is 69.3 Å². The standard InChI is InChI=1S/C57H68N9O21P3S3/c1-6-66-43-30-45-40(29-39(43)35(2)31-56(66,3)4)37(27-44(83-45)36-15-9-7-10-16-36)17-11-8-12-18-47-57(5,41-28-38(93(79,80)81)20-21-42(41)64(47)25-14-26-92(76,77)78)22-13-19-48(67)59-23-24-60-55(69)85-51-46(32-82-88(70,71)86-89(72,73)87-90(74,75)91)84-54(50(51)68)65-34-63-49-52(58)61-33-62-53(49)65/h7-12,15-18,20-21,27-31,33-34,46,50-51,54,68H,6,13-14,19,22-26,32H2,1-5H3,(H9-,58,59,60,61,62,67,69,70,71,72,73,74,75,76,77,78,79,80,81,91)/p+1/t46-,50-,51-,54-,57?/m1/s1. The Morgan fingerprint density at radius 1 is 0.914 bits per heavy atom. The van der Waals surface area contributed by atoms with Gasteiger partial charge in [0.1, 0.15) is 42.1 Å². The van der Waals surface area contributed by atoms with Gasteiger partial charge in [0, 0.05) is 78.6 Å². The van der Waals surface area contributed by atoms with Gasteiger partial charge in [0.15, 0.2) is 29.5 Å². The number of imidazole rings is 1. The highest BCUT2D eigenvalue weighted by molar-refractivity contribution is 8.08. The van der Waals surface area contributed by atoms with Crippen LogP contribution in [0, 0.1) is 0 Å². The molecule has 500 valence electrons. The third-order valence-corrected chi connectivity index (χ3v) is 21.7. The van der Waals surface area contributed by atoms with Crippen molar-refractivity contribution < 1.29 is 101 Å². The predicted molar refractivity (Wildman–Crippen MR) is 344 cm³/mol. The van der Waals surface area contributed by atoms with Crippen LogP contribution in [0.3, 0.4) is 0 Å². The molecule has 3 aromatic carbocycles. The van der Waals surface area contributed by atoms with Crippen LogP contribution in [0.15, 0.2) is 121 Å². The molecule has 2 aromatic heterocycles. The van der Waals surface area contributed by atoms with Crippen molar-refractivity contribution in [1.29, 1.82) is 0 Å². The Hall–Kier alpha value is -6.71. The average Bonchev–Trinajstić information content (AvgIpc) is 1.71. The topological polar surface area (TPSA) is 433 Å². The van der Waals surface area contributed by atoms with Crippen molar-refractivity contribution in [3.05, 3.63) is 138 Å². The van der Waals surface area contributed by atoms with Gasteiger partial charge < -0.3 is 60.2 Å². The van der Waals surface area contributed by atoms with Crippen LogP contribution >= 0.6 is 22.4 Å². The zero-order valence-electron chi connectivity index (χ0n) is 50.5. The number of nitrogens with one attached hydrogen (secondary N) is 2. The molecular formula is C57H69N9O21P3S3+. The van der Waals surface area contributed by atoms with Crippen LogP contribution in [0.5, 0.6) is 5.75 Å². The number of aliphatic hydroxyl groups excluding tert-OH is 1. The van der Waals surface area contributed by atoms with Crippen LogP contribution in [0.4, 0.5) is 22.0 Å². The lowest BCUT2D eigenvalue weighted by atomic mass is 9.75. The molecule has 7 atom stereocenters. The lowest BCUT2D eigenvalue weighted by Gasteiger charge is -2.43. The summed E-state index contributed by atoms with van der Waals surface area (Å²) in [5.41, 5.74) is 12.1. The quantitative estimate of drug-likeness (QED) is 0.00900. The molecule has 0 aliphatic carbocycles. The van der Waals surface area contributed by atoms with E-state index in [2.05, 4.69) is 96.8 Å². The molecule has 0 radical (unpaired) electrons. The summed E-state index contributed by atoms with van der Waals surface area (Å²) < 4.78 is 128. The monoisotopic (exact) mass is 1400 g/mol. The number of carbonyl (C=O) groups excluding carboxylic acids is 2. The first-order valence-electron chi connectivity index (χ1n) is 28.7. The zero-order chi connectivity index (χ0) is 67.6. The van der Waals surface area contributed by atoms with Gasteiger partial charge in [-0.05, 0) is 94.7 Å². The number of fused-ring (bicyclic) bond motifs is 4. The molecule has 0 saturated carbocycles. The number of likely N-dealkylation sites (N-methyl/N-ethyl adjacent to an activating group) is 1. The van der Waals surface area contributed by atoms with Gasteiger partial charge in [-0.25, -0.2) is 33.2 Å². The molecular weight excluding hydrogens is 1340 g/mol. The number of alkyl carbamates (subject to hydrolysis) is 1. The highest BCUT2D eigenvalue weighted by atomic mass is 32.5. The van der Waals surface area contributed by atoms with E-state index in [0.29, 0.717) is 28.5 Å². The maximum Gasteiger partial charge on any atom is 0.488 e. The van der Waals surface area contributed by atoms with Crippen LogP contribution in [-0.2, 0) is 74.0 Å². The lowest BCUT2D eigenvalue weighted by Crippen LogP contribution is -2.44. The SMILES string of the molecule is CCN1c2cc3c(cc2C(C)=CC1(C)C)C(=CC=CC=CC1=[N+](CCCS(=O)(=O)O)c2ccc(S(=O)(=O)O)cc2C1(C)CCCC(=O)NCCNC(=O)O[C@H]1[C@@H](O)[C@H](n2cnc4c(N)ncnc42)O[C@@H]1COP(=O)(O)OP(=O)(O)OP(O)(O)=S)C=C(c1ccccc1)O3. The molecule has 1 saturated heterocycles. The van der Waals surface area contributed by atoms with E-state index in [-0.39, 0.29) is 67.8 Å². The fourth-order valence-electron chi connectivity index (χ4n) is 11.7. The minimum atomic E-state index is -5.74. The van der Waals surface area contributed by atoms with Gasteiger partial charge in [-0.3, -0.25) is 23.0 Å². The van der Waals surface area contributed by atoms with Crippen LogP contribution in [0.1, 0.15) is 88.8 Å². The first-order chi connectivity index (χ1) is 43.6. The van der Waals surface area contributed by atoms with Gasteiger partial charge in [-0.15, -0.1) is 0 Å². The number of amides is 2. The van der Waals surface area contributed by atoms with E-state index in [1.165, 1.54) is 22.8 Å². The van der Waals surface area contributed by atoms with Crippen molar-refractivity contribution in [2.24, 2.45) is 0 Å². The zero-order valence-corrected chi connectivity index (χ0v) is 55.7. The number of allylic oxidation sites excluding steroid dienone is 8. The van der Waals surface area contributed by atoms with Crippen LogP contribution in [0.2, 0.25) is 0 Å². The molecule has 4 aliphatic rings. The summed E-state index contributed by atoms with van der Waals surface area (Å²) in [5.74, 6) is 0.198. The van der Waals surface area contributed by atoms with Crippen LogP contribution in [0.25, 0.3) is 28.1 Å². The number of hydrogen-bond donors (Lipinski definition) is 10. The summed E-state index contributed by atoms with van der Waals surface area (Å²) in [4.78, 5) is 79.3. The number of nitrogen functional groups attached to an aromatic ring is 1. The Balaban J connectivity index is 0.901. The third kappa shape index (κ3) is 16.9. The van der Waals surface area contributed by atoms with Crippen molar-refractivity contribution in [1.82, 2.24) is 30.2 Å². The van der Waals surface area contributed by atoms with Gasteiger partial charge in [-0.1, -0.05) is 60.7 Å². The van der Waals surface area contributed by atoms with Gasteiger partial charge in [0.2, 0.25) is 11.6 Å². The van der Waals surface area contributed by atoms with Crippen molar-refractivity contribution in [2.75, 3.05) is 49.2 Å². The highest BCUT2D eigenvalue weighted by Gasteiger charge is 2.51. The summed E-state index contributed by atoms with van der Waals surface area (Å²) in [5, 5.41) is 16.6. The Morgan fingerprint density at radius 3 is 2.34 bits per heavy atom. The molecule has 1 fully saturated rings. The van der Waals surface area contributed by atoms with Crippen LogP contribution < -0.4 is 26.0 Å². The number of aliphatic hydroxyl groups is 1. The maximum atomic E-state index is 13.5. The lowest BCUT2D eigenvalue weighted by molar-refractivity contribution is -0.437. The molecule has 4 aliphatic heterocycles. The second-order valence-corrected chi connectivity index (χ2v) is 31.5. The van der Waals surface area contributed by atoms with Crippen molar-refractivity contribution in [2.45, 2.75) is 101 Å². The second kappa shape index (κ2) is 27.9. The number of nitrogens with zero attached hydrogens (tertiary/aromatic N) is 6. The summed E-state index contributed by atoms with van der Waals surface area (Å²) in [6.45, 7) is 4.72. The van der Waals surface area contributed by atoms with E-state index in [0.717, 1.165) is 52.7 Å². The van der Waals surface area contributed by atoms with E-state index in [4.69, 9.17) is 24.5 Å². The molecule has 0 bridgehead atoms. The fourth-order valence-corrected chi connectivity index (χ4v) is 16.5. The van der Waals surface area contributed by atoms with Gasteiger partial charge in [-0.2, -0.15) is 25.7 Å². The van der Waals surface area contributed by atoms with E-state index in [1.807, 2.05) is 55.5 Å². The van der Waals surface area contributed by atoms with E-state index in [1.54, 1.807) is 22.8 Å². The summed E-state index contributed by atoms with van der Waals surface area (Å²) in [7, 11) is -20.5. The number of carbonyl (C=O) groups is 2. The average molecular weight is 1410 g/mol. The summed E-state index contributed by atoms with van der Waals surface area (Å²) in [6.07, 6.45) is 7.86. The van der Waals surface area contributed by atoms with Crippen molar-refractivity contribution >= 4 is 117 Å². The number of aromatic nitrogens is 4. The third-order valence-electron chi connectivity index (χ3n) is 15.6. The number of ether oxygens (including phenoxy) is 3. The van der Waals surface area contributed by atoms with Crippen molar-refractivity contribution in [3.8, 4) is 5.75 Å². The number of benzene rings is 3. The molecule has 2 amide bonds. The first kappa shape index (κ1) is 70.6. The van der Waals surface area contributed by atoms with E-state index >= 15 is 0 Å². The van der Waals surface area contributed by atoms with Gasteiger partial charge >= 0.3 is 28.5 Å². The minimum Gasteiger partial charge on any atom is -0.456 e. The summed E-state index contributed by atoms with van der Waals surface area (Å²) >= 11 is 4.12. The highest BCUT2D eigenvalue weighted by Crippen LogP contribution is 2.66. The Bertz CT molecular complexity index is 4330. The smallest absolute Gasteiger partial charge is 0.456 e. The molecule has 93 heavy (non-hydrogen) atoms. The van der Waals surface area contributed by atoms with Crippen molar-refractivity contribution in [3.63, 3.8) is 0 Å². The molecule has 0 spiro atoms. The normalized spacial score (nSPS) is 22.2. The summed E-state index contributed by atoms with van der Waals surface area (Å²) in [6, 6.07) is 18.0. The second-order valence-electron chi connectivity index (χ2n) is 22.6. The van der Waals surface area contributed by atoms with Gasteiger partial charge in [0.05, 0.1) is 34.5 Å². The molecule has 6 heterocycles. The Labute approximate surface area is 539 Å². The number of nitrogens with two attached hydrogens (primary N) is 1. The largest absolute Gasteiger partial charge is 0.488 e. The fraction of sp³-hybridized carbons (Fsp3) is 0.368. The first-order valence-corrected chi connectivity index (χ1v) is 37.4. The number of anilines is 2. The number of rotatable bonds is 26. The Morgan fingerprint density at radius 2 is 1.65 bits per heavy atom. The molecule has 9 rings (SSSR count). The van der Waals surface area contributed by atoms with Crippen LogP contribution in [-0.4, -0.2) is 155 Å².